The van der Waals surface area contributed by atoms with Crippen LogP contribution in [0.3, 0.4) is 0 Å². The number of aromatic nitrogens is 1. The number of sulfonamides is 1. The first kappa shape index (κ1) is 21.4. The van der Waals surface area contributed by atoms with Crippen molar-refractivity contribution in [3.8, 4) is 11.5 Å². The molecule has 162 valence electrons. The molecule has 0 bridgehead atoms. The zero-order chi connectivity index (χ0) is 22.2. The van der Waals surface area contributed by atoms with Gasteiger partial charge in [-0.05, 0) is 48.9 Å². The molecule has 7 nitrogen and oxygen atoms in total. The van der Waals surface area contributed by atoms with Crippen LogP contribution in [-0.2, 0) is 10.0 Å². The Bertz CT molecular complexity index is 1260. The molecule has 3 aromatic rings. The SMILES string of the molecule is CCOc1cccc2cc(C3CC(c4ccc(OC)cc4)=NN3S(C)(=O)=O)c(Cl)nc12. The second kappa shape index (κ2) is 8.36. The Morgan fingerprint density at radius 2 is 1.94 bits per heavy atom. The largest absolute Gasteiger partial charge is 0.497 e. The molecule has 1 aliphatic rings. The fourth-order valence-electron chi connectivity index (χ4n) is 3.65. The molecule has 9 heteroatoms. The Morgan fingerprint density at radius 1 is 1.19 bits per heavy atom. The van der Waals surface area contributed by atoms with Gasteiger partial charge in [-0.25, -0.2) is 13.4 Å². The zero-order valence-electron chi connectivity index (χ0n) is 17.4. The summed E-state index contributed by atoms with van der Waals surface area (Å²) in [5.41, 5.74) is 2.71. The van der Waals surface area contributed by atoms with Gasteiger partial charge >= 0.3 is 0 Å². The summed E-state index contributed by atoms with van der Waals surface area (Å²) in [4.78, 5) is 4.53. The number of methoxy groups -OCH3 is 1. The van der Waals surface area contributed by atoms with E-state index in [-0.39, 0.29) is 5.15 Å². The highest BCUT2D eigenvalue weighted by Gasteiger charge is 2.36. The molecule has 0 amide bonds. The van der Waals surface area contributed by atoms with Crippen LogP contribution in [0.5, 0.6) is 11.5 Å². The van der Waals surface area contributed by atoms with Crippen LogP contribution in [0.4, 0.5) is 0 Å². The smallest absolute Gasteiger partial charge is 0.247 e. The molecule has 2 heterocycles. The number of rotatable bonds is 6. The summed E-state index contributed by atoms with van der Waals surface area (Å²) in [6.45, 7) is 2.40. The van der Waals surface area contributed by atoms with Gasteiger partial charge in [-0.1, -0.05) is 23.7 Å². The van der Waals surface area contributed by atoms with Crippen molar-refractivity contribution >= 4 is 38.2 Å². The van der Waals surface area contributed by atoms with Gasteiger partial charge in [-0.15, -0.1) is 0 Å². The topological polar surface area (TPSA) is 81.1 Å². The second-order valence-electron chi connectivity index (χ2n) is 7.16. The number of halogens is 1. The molecule has 0 aliphatic carbocycles. The van der Waals surface area contributed by atoms with Crippen molar-refractivity contribution in [2.24, 2.45) is 5.10 Å². The molecule has 1 atom stereocenters. The summed E-state index contributed by atoms with van der Waals surface area (Å²) in [6.07, 6.45) is 1.51. The zero-order valence-corrected chi connectivity index (χ0v) is 18.9. The highest BCUT2D eigenvalue weighted by molar-refractivity contribution is 7.88. The molecule has 0 fully saturated rings. The van der Waals surface area contributed by atoms with Crippen molar-refractivity contribution in [2.75, 3.05) is 20.0 Å². The summed E-state index contributed by atoms with van der Waals surface area (Å²) in [6, 6.07) is 14.2. The van der Waals surface area contributed by atoms with Gasteiger partial charge in [0, 0.05) is 17.4 Å². The number of benzene rings is 2. The predicted molar refractivity (Wildman–Crippen MR) is 121 cm³/mol. The lowest BCUT2D eigenvalue weighted by Crippen LogP contribution is -2.26. The van der Waals surface area contributed by atoms with E-state index in [4.69, 9.17) is 21.1 Å². The lowest BCUT2D eigenvalue weighted by atomic mass is 9.99. The first-order valence-corrected chi connectivity index (χ1v) is 12.0. The molecule has 0 saturated heterocycles. The third-order valence-electron chi connectivity index (χ3n) is 5.08. The van der Waals surface area contributed by atoms with Crippen molar-refractivity contribution in [3.05, 3.63) is 64.8 Å². The van der Waals surface area contributed by atoms with E-state index in [1.54, 1.807) is 7.11 Å². The average molecular weight is 460 g/mol. The highest BCUT2D eigenvalue weighted by Crippen LogP contribution is 2.39. The number of pyridine rings is 1. The Balaban J connectivity index is 1.77. The summed E-state index contributed by atoms with van der Waals surface area (Å²) in [5, 5.41) is 5.46. The van der Waals surface area contributed by atoms with Gasteiger partial charge in [-0.3, -0.25) is 0 Å². The maximum atomic E-state index is 12.5. The molecule has 0 radical (unpaired) electrons. The van der Waals surface area contributed by atoms with Gasteiger partial charge in [0.15, 0.2) is 0 Å². The highest BCUT2D eigenvalue weighted by atomic mass is 35.5. The van der Waals surface area contributed by atoms with Gasteiger partial charge < -0.3 is 9.47 Å². The Labute approximate surface area is 186 Å². The van der Waals surface area contributed by atoms with Crippen molar-refractivity contribution in [1.29, 1.82) is 0 Å². The first-order valence-electron chi connectivity index (χ1n) is 9.75. The number of hydrogen-bond acceptors (Lipinski definition) is 6. The van der Waals surface area contributed by atoms with E-state index in [0.717, 1.165) is 21.6 Å². The van der Waals surface area contributed by atoms with Gasteiger partial charge in [0.2, 0.25) is 10.0 Å². The van der Waals surface area contributed by atoms with E-state index in [2.05, 4.69) is 10.1 Å². The van der Waals surface area contributed by atoms with E-state index < -0.39 is 16.1 Å². The maximum absolute atomic E-state index is 12.5. The van der Waals surface area contributed by atoms with E-state index in [1.807, 2.05) is 55.5 Å². The molecule has 0 N–H and O–H groups in total. The Morgan fingerprint density at radius 3 is 2.58 bits per heavy atom. The van der Waals surface area contributed by atoms with Crippen LogP contribution in [-0.4, -0.2) is 43.5 Å². The second-order valence-corrected chi connectivity index (χ2v) is 9.36. The lowest BCUT2D eigenvalue weighted by molar-refractivity contribution is 0.343. The van der Waals surface area contributed by atoms with Crippen molar-refractivity contribution in [2.45, 2.75) is 19.4 Å². The van der Waals surface area contributed by atoms with Crippen molar-refractivity contribution in [3.63, 3.8) is 0 Å². The minimum Gasteiger partial charge on any atom is -0.497 e. The number of hydrazone groups is 1. The maximum Gasteiger partial charge on any atom is 0.247 e. The molecule has 1 unspecified atom stereocenters. The molecule has 0 spiro atoms. The van der Waals surface area contributed by atoms with E-state index in [0.29, 0.717) is 41.3 Å². The van der Waals surface area contributed by atoms with Crippen molar-refractivity contribution in [1.82, 2.24) is 9.40 Å². The monoisotopic (exact) mass is 459 g/mol. The summed E-state index contributed by atoms with van der Waals surface area (Å²) >= 11 is 6.55. The van der Waals surface area contributed by atoms with Crippen molar-refractivity contribution < 1.29 is 17.9 Å². The van der Waals surface area contributed by atoms with Crippen LogP contribution in [0.25, 0.3) is 10.9 Å². The summed E-state index contributed by atoms with van der Waals surface area (Å²) < 4.78 is 37.0. The molecule has 31 heavy (non-hydrogen) atoms. The average Bonchev–Trinajstić information content (AvgIpc) is 3.20. The number of nitrogens with zero attached hydrogens (tertiary/aromatic N) is 3. The minimum absolute atomic E-state index is 0.226. The number of para-hydroxylation sites is 1. The van der Waals surface area contributed by atoms with Gasteiger partial charge in [0.05, 0.1) is 31.7 Å². The third-order valence-corrected chi connectivity index (χ3v) is 6.40. The van der Waals surface area contributed by atoms with Crippen LogP contribution in [0.15, 0.2) is 53.6 Å². The molecular weight excluding hydrogens is 438 g/mol. The van der Waals surface area contributed by atoms with Crippen LogP contribution < -0.4 is 9.47 Å². The molecule has 4 rings (SSSR count). The standard InChI is InChI=1S/C22H22ClN3O4S/c1-4-30-20-7-5-6-15-12-17(22(23)24-21(15)20)19-13-18(25-26(19)31(3,27)28)14-8-10-16(29-2)11-9-14/h5-12,19H,4,13H2,1-3H3. The predicted octanol–water partition coefficient (Wildman–Crippen LogP) is 4.41. The van der Waals surface area contributed by atoms with Crippen LogP contribution in [0, 0.1) is 0 Å². The van der Waals surface area contributed by atoms with E-state index >= 15 is 0 Å². The Kier molecular flexibility index (Phi) is 5.77. The molecule has 2 aromatic carbocycles. The fourth-order valence-corrected chi connectivity index (χ4v) is 4.82. The summed E-state index contributed by atoms with van der Waals surface area (Å²) in [5.74, 6) is 1.35. The minimum atomic E-state index is -3.63. The third kappa shape index (κ3) is 4.18. The number of ether oxygens (including phenoxy) is 2. The molecule has 1 aliphatic heterocycles. The lowest BCUT2D eigenvalue weighted by Gasteiger charge is -2.22. The quantitative estimate of drug-likeness (QED) is 0.510. The summed E-state index contributed by atoms with van der Waals surface area (Å²) in [7, 11) is -2.04. The van der Waals surface area contributed by atoms with Crippen LogP contribution in [0.1, 0.15) is 30.5 Å². The van der Waals surface area contributed by atoms with Crippen LogP contribution in [0.2, 0.25) is 5.15 Å². The van der Waals surface area contributed by atoms with Gasteiger partial charge in [0.25, 0.3) is 0 Å². The Hall–Kier alpha value is -2.84. The van der Waals surface area contributed by atoms with Gasteiger partial charge in [-0.2, -0.15) is 9.52 Å². The normalized spacial score (nSPS) is 16.5. The number of hydrogen-bond donors (Lipinski definition) is 0. The number of fused-ring (bicyclic) bond motifs is 1. The van der Waals surface area contributed by atoms with E-state index in [9.17, 15) is 8.42 Å². The van der Waals surface area contributed by atoms with Gasteiger partial charge in [0.1, 0.15) is 22.2 Å². The fraction of sp³-hybridized carbons (Fsp3) is 0.273. The van der Waals surface area contributed by atoms with E-state index in [1.165, 1.54) is 0 Å². The molecule has 0 saturated carbocycles. The molecular formula is C22H22ClN3O4S. The first-order chi connectivity index (χ1) is 14.8. The molecule has 1 aromatic heterocycles. The van der Waals surface area contributed by atoms with Crippen LogP contribution >= 0.6 is 11.6 Å².